The average Bonchev–Trinajstić information content (AvgIpc) is 3.07. The normalized spacial score (nSPS) is 14.9. The highest BCUT2D eigenvalue weighted by Crippen LogP contribution is 2.30. The molecule has 0 spiro atoms. The van der Waals surface area contributed by atoms with Crippen molar-refractivity contribution in [3.05, 3.63) is 29.8 Å². The van der Waals surface area contributed by atoms with Crippen LogP contribution in [0, 0.1) is 0 Å². The number of aromatic nitrogens is 1. The van der Waals surface area contributed by atoms with Gasteiger partial charge in [0.2, 0.25) is 0 Å². The number of rotatable bonds is 5. The maximum absolute atomic E-state index is 12.3. The molecular formula is C18H22N2O3. The third-order valence-corrected chi connectivity index (χ3v) is 4.22. The van der Waals surface area contributed by atoms with Gasteiger partial charge in [-0.15, -0.1) is 0 Å². The first-order chi connectivity index (χ1) is 11.2. The van der Waals surface area contributed by atoms with E-state index in [1.54, 1.807) is 14.0 Å². The molecule has 0 radical (unpaired) electrons. The molecule has 0 aliphatic heterocycles. The van der Waals surface area contributed by atoms with Gasteiger partial charge in [0.1, 0.15) is 22.6 Å². The summed E-state index contributed by atoms with van der Waals surface area (Å²) in [4.78, 5) is 17.0. The van der Waals surface area contributed by atoms with Crippen molar-refractivity contribution in [3.63, 3.8) is 0 Å². The summed E-state index contributed by atoms with van der Waals surface area (Å²) in [7, 11) is 1.62. The first-order valence-electron chi connectivity index (χ1n) is 8.14. The van der Waals surface area contributed by atoms with Crippen molar-refractivity contribution in [2.45, 2.75) is 38.6 Å². The predicted molar refractivity (Wildman–Crippen MR) is 90.1 cm³/mol. The molecular weight excluding hydrogens is 292 g/mol. The van der Waals surface area contributed by atoms with Crippen LogP contribution in [-0.2, 0) is 4.74 Å². The lowest BCUT2D eigenvalue weighted by atomic mass is 10.1. The second-order valence-electron chi connectivity index (χ2n) is 5.76. The zero-order chi connectivity index (χ0) is 16.2. The number of pyridine rings is 1. The summed E-state index contributed by atoms with van der Waals surface area (Å²) in [5, 5.41) is 4.29. The number of carbonyl (C=O) groups excluding carboxylic acids is 1. The summed E-state index contributed by atoms with van der Waals surface area (Å²) < 4.78 is 10.6. The van der Waals surface area contributed by atoms with Gasteiger partial charge in [0.15, 0.2) is 0 Å². The fourth-order valence-electron chi connectivity index (χ4n) is 3.07. The lowest BCUT2D eigenvalue weighted by Crippen LogP contribution is -2.19. The highest BCUT2D eigenvalue weighted by molar-refractivity contribution is 6.00. The number of benzene rings is 1. The van der Waals surface area contributed by atoms with Crippen LogP contribution in [0.5, 0.6) is 5.75 Å². The highest BCUT2D eigenvalue weighted by atomic mass is 16.5. The van der Waals surface area contributed by atoms with Crippen LogP contribution >= 0.6 is 0 Å². The van der Waals surface area contributed by atoms with Gasteiger partial charge in [-0.25, -0.2) is 9.78 Å². The number of nitrogens with zero attached hydrogens (tertiary/aromatic N) is 1. The summed E-state index contributed by atoms with van der Waals surface area (Å²) >= 11 is 0. The van der Waals surface area contributed by atoms with Crippen LogP contribution in [0.2, 0.25) is 0 Å². The maximum atomic E-state index is 12.3. The van der Waals surface area contributed by atoms with Gasteiger partial charge in [-0.1, -0.05) is 25.0 Å². The van der Waals surface area contributed by atoms with Gasteiger partial charge in [-0.2, -0.15) is 0 Å². The molecule has 1 aromatic carbocycles. The zero-order valence-electron chi connectivity index (χ0n) is 13.6. The molecule has 1 aliphatic rings. The van der Waals surface area contributed by atoms with Crippen LogP contribution in [0.3, 0.4) is 0 Å². The molecule has 0 amide bonds. The Kier molecular flexibility index (Phi) is 4.65. The molecule has 5 heteroatoms. The van der Waals surface area contributed by atoms with E-state index >= 15 is 0 Å². The van der Waals surface area contributed by atoms with E-state index in [1.807, 2.05) is 24.3 Å². The third-order valence-electron chi connectivity index (χ3n) is 4.22. The SMILES string of the molecule is CCOC(=O)c1cc2cccc(OC)c2nc1NC1CCCC1. The lowest BCUT2D eigenvalue weighted by Gasteiger charge is -2.17. The maximum Gasteiger partial charge on any atom is 0.341 e. The first-order valence-corrected chi connectivity index (χ1v) is 8.14. The van der Waals surface area contributed by atoms with E-state index in [0.717, 1.165) is 23.7 Å². The summed E-state index contributed by atoms with van der Waals surface area (Å²) in [5.74, 6) is 0.949. The molecule has 0 bridgehead atoms. The number of esters is 1. The van der Waals surface area contributed by atoms with Crippen molar-refractivity contribution in [2.75, 3.05) is 19.0 Å². The predicted octanol–water partition coefficient (Wildman–Crippen LogP) is 3.77. The van der Waals surface area contributed by atoms with E-state index in [4.69, 9.17) is 9.47 Å². The highest BCUT2D eigenvalue weighted by Gasteiger charge is 2.21. The molecule has 23 heavy (non-hydrogen) atoms. The monoisotopic (exact) mass is 314 g/mol. The standard InChI is InChI=1S/C18H22N2O3/c1-3-23-18(21)14-11-12-7-6-10-15(22-2)16(12)20-17(14)19-13-8-4-5-9-13/h6-7,10-11,13H,3-5,8-9H2,1-2H3,(H,19,20). The fourth-order valence-corrected chi connectivity index (χ4v) is 3.07. The molecule has 122 valence electrons. The Hall–Kier alpha value is -2.30. The van der Waals surface area contributed by atoms with E-state index in [1.165, 1.54) is 12.8 Å². The molecule has 1 saturated carbocycles. The minimum Gasteiger partial charge on any atom is -0.494 e. The van der Waals surface area contributed by atoms with E-state index in [2.05, 4.69) is 10.3 Å². The molecule has 1 aromatic heterocycles. The van der Waals surface area contributed by atoms with Crippen LogP contribution in [-0.4, -0.2) is 30.7 Å². The number of anilines is 1. The van der Waals surface area contributed by atoms with Crippen LogP contribution in [0.4, 0.5) is 5.82 Å². The quantitative estimate of drug-likeness (QED) is 0.851. The number of fused-ring (bicyclic) bond motifs is 1. The number of para-hydroxylation sites is 1. The number of hydrogen-bond acceptors (Lipinski definition) is 5. The smallest absolute Gasteiger partial charge is 0.341 e. The molecule has 1 N–H and O–H groups in total. The van der Waals surface area contributed by atoms with Gasteiger partial charge in [-0.05, 0) is 31.9 Å². The minimum atomic E-state index is -0.342. The van der Waals surface area contributed by atoms with Crippen LogP contribution < -0.4 is 10.1 Å². The number of nitrogens with one attached hydrogen (secondary N) is 1. The summed E-state index contributed by atoms with van der Waals surface area (Å²) in [5.41, 5.74) is 1.24. The molecule has 3 rings (SSSR count). The van der Waals surface area contributed by atoms with Crippen molar-refractivity contribution in [3.8, 4) is 5.75 Å². The van der Waals surface area contributed by atoms with Gasteiger partial charge in [0.25, 0.3) is 0 Å². The molecule has 0 atom stereocenters. The van der Waals surface area contributed by atoms with E-state index in [0.29, 0.717) is 29.8 Å². The lowest BCUT2D eigenvalue weighted by molar-refractivity contribution is 0.0527. The van der Waals surface area contributed by atoms with Gasteiger partial charge < -0.3 is 14.8 Å². The number of methoxy groups -OCH3 is 1. The van der Waals surface area contributed by atoms with E-state index in [9.17, 15) is 4.79 Å². The summed E-state index contributed by atoms with van der Waals surface area (Å²) in [6.07, 6.45) is 4.63. The Bertz CT molecular complexity index is 709. The first kappa shape index (κ1) is 15.6. The Morgan fingerprint density at radius 1 is 1.35 bits per heavy atom. The van der Waals surface area contributed by atoms with Crippen LogP contribution in [0.25, 0.3) is 10.9 Å². The Morgan fingerprint density at radius 3 is 2.83 bits per heavy atom. The van der Waals surface area contributed by atoms with Gasteiger partial charge in [-0.3, -0.25) is 0 Å². The molecule has 1 aliphatic carbocycles. The van der Waals surface area contributed by atoms with Crippen molar-refractivity contribution in [1.29, 1.82) is 0 Å². The van der Waals surface area contributed by atoms with Crippen LogP contribution in [0.1, 0.15) is 43.0 Å². The number of ether oxygens (including phenoxy) is 2. The van der Waals surface area contributed by atoms with E-state index < -0.39 is 0 Å². The van der Waals surface area contributed by atoms with Crippen molar-refractivity contribution >= 4 is 22.7 Å². The molecule has 2 aromatic rings. The van der Waals surface area contributed by atoms with Crippen molar-refractivity contribution in [2.24, 2.45) is 0 Å². The Morgan fingerprint density at radius 2 is 2.13 bits per heavy atom. The Balaban J connectivity index is 2.07. The molecule has 1 fully saturated rings. The second-order valence-corrected chi connectivity index (χ2v) is 5.76. The second kappa shape index (κ2) is 6.86. The average molecular weight is 314 g/mol. The van der Waals surface area contributed by atoms with Crippen molar-refractivity contribution in [1.82, 2.24) is 4.98 Å². The zero-order valence-corrected chi connectivity index (χ0v) is 13.6. The molecule has 1 heterocycles. The third kappa shape index (κ3) is 3.23. The number of carbonyl (C=O) groups is 1. The molecule has 0 saturated heterocycles. The summed E-state index contributed by atoms with van der Waals surface area (Å²) in [6.45, 7) is 2.15. The van der Waals surface area contributed by atoms with Crippen molar-refractivity contribution < 1.29 is 14.3 Å². The van der Waals surface area contributed by atoms with Gasteiger partial charge in [0.05, 0.1) is 13.7 Å². The summed E-state index contributed by atoms with van der Waals surface area (Å²) in [6, 6.07) is 7.89. The largest absolute Gasteiger partial charge is 0.494 e. The molecule has 5 nitrogen and oxygen atoms in total. The molecule has 0 unspecified atom stereocenters. The van der Waals surface area contributed by atoms with Crippen LogP contribution in [0.15, 0.2) is 24.3 Å². The topological polar surface area (TPSA) is 60.5 Å². The fraction of sp³-hybridized carbons (Fsp3) is 0.444. The minimum absolute atomic E-state index is 0.342. The number of hydrogen-bond donors (Lipinski definition) is 1. The van der Waals surface area contributed by atoms with Gasteiger partial charge >= 0.3 is 5.97 Å². The van der Waals surface area contributed by atoms with E-state index in [-0.39, 0.29) is 5.97 Å². The Labute approximate surface area is 136 Å². The van der Waals surface area contributed by atoms with Gasteiger partial charge in [0, 0.05) is 11.4 Å².